The Balaban J connectivity index is 1.30. The highest BCUT2D eigenvalue weighted by atomic mass is 16.5. The molecule has 0 radical (unpaired) electrons. The summed E-state index contributed by atoms with van der Waals surface area (Å²) in [5.74, 6) is -1.51. The molecule has 2 atom stereocenters. The zero-order valence-corrected chi connectivity index (χ0v) is 17.5. The van der Waals surface area contributed by atoms with Gasteiger partial charge in [-0.15, -0.1) is 0 Å². The Hall–Kier alpha value is -3.19. The van der Waals surface area contributed by atoms with Gasteiger partial charge in [-0.05, 0) is 24.5 Å². The second kappa shape index (κ2) is 8.89. The fraction of sp³-hybridized carbons (Fsp3) is 0.375. The Kier molecular flexibility index (Phi) is 6.04. The van der Waals surface area contributed by atoms with Gasteiger partial charge in [0.1, 0.15) is 6.10 Å². The lowest BCUT2D eigenvalue weighted by molar-refractivity contribution is -0.164. The molecule has 2 aromatic carbocycles. The van der Waals surface area contributed by atoms with Gasteiger partial charge >= 0.3 is 11.9 Å². The van der Waals surface area contributed by atoms with Crippen molar-refractivity contribution in [1.82, 2.24) is 15.5 Å². The van der Waals surface area contributed by atoms with E-state index in [2.05, 4.69) is 10.6 Å². The van der Waals surface area contributed by atoms with Crippen LogP contribution >= 0.6 is 0 Å². The van der Waals surface area contributed by atoms with E-state index in [-0.39, 0.29) is 11.9 Å². The molecule has 31 heavy (non-hydrogen) atoms. The SMILES string of the molecule is CC(OC(=O)C(=O)N1CCC2(CC1)NC(=O)C(Cc1ccccc1)N2)c1ccccc1. The van der Waals surface area contributed by atoms with Crippen molar-refractivity contribution in [2.24, 2.45) is 0 Å². The molecule has 2 aliphatic heterocycles. The Morgan fingerprint density at radius 3 is 2.32 bits per heavy atom. The number of piperidine rings is 1. The highest BCUT2D eigenvalue weighted by Gasteiger charge is 2.46. The molecule has 2 N–H and O–H groups in total. The van der Waals surface area contributed by atoms with Crippen LogP contribution in [0.1, 0.15) is 37.0 Å². The Labute approximate surface area is 181 Å². The summed E-state index contributed by atoms with van der Waals surface area (Å²) in [5.41, 5.74) is 1.40. The number of rotatable bonds is 4. The maximum atomic E-state index is 12.6. The molecule has 7 heteroatoms. The van der Waals surface area contributed by atoms with Crippen molar-refractivity contribution in [2.75, 3.05) is 13.1 Å². The third-order valence-corrected chi connectivity index (χ3v) is 6.04. The number of likely N-dealkylation sites (tertiary alicyclic amines) is 1. The standard InChI is InChI=1S/C24H27N3O4/c1-17(19-10-6-3-7-11-19)31-23(30)22(29)27-14-12-24(13-15-27)25-20(21(28)26-24)16-18-8-4-2-5-9-18/h2-11,17,20,25H,12-16H2,1H3,(H,26,28). The van der Waals surface area contributed by atoms with Gasteiger partial charge < -0.3 is 15.0 Å². The van der Waals surface area contributed by atoms with Gasteiger partial charge in [0.2, 0.25) is 5.91 Å². The van der Waals surface area contributed by atoms with Crippen LogP contribution in [0.5, 0.6) is 0 Å². The van der Waals surface area contributed by atoms with Crippen LogP contribution < -0.4 is 10.6 Å². The summed E-state index contributed by atoms with van der Waals surface area (Å²) >= 11 is 0. The van der Waals surface area contributed by atoms with Gasteiger partial charge in [0, 0.05) is 25.9 Å². The van der Waals surface area contributed by atoms with E-state index in [1.54, 1.807) is 6.92 Å². The Morgan fingerprint density at radius 1 is 1.06 bits per heavy atom. The lowest BCUT2D eigenvalue weighted by atomic mass is 9.97. The number of ether oxygens (including phenoxy) is 1. The van der Waals surface area contributed by atoms with Gasteiger partial charge in [0.05, 0.1) is 11.7 Å². The molecule has 2 unspecified atom stereocenters. The van der Waals surface area contributed by atoms with Crippen molar-refractivity contribution in [3.63, 3.8) is 0 Å². The molecule has 0 saturated carbocycles. The molecule has 2 saturated heterocycles. The number of carbonyl (C=O) groups is 3. The summed E-state index contributed by atoms with van der Waals surface area (Å²) in [4.78, 5) is 38.9. The summed E-state index contributed by atoms with van der Waals surface area (Å²) in [7, 11) is 0. The second-order valence-corrected chi connectivity index (χ2v) is 8.21. The zero-order valence-electron chi connectivity index (χ0n) is 17.5. The lowest BCUT2D eigenvalue weighted by Gasteiger charge is -2.39. The quantitative estimate of drug-likeness (QED) is 0.582. The highest BCUT2D eigenvalue weighted by Crippen LogP contribution is 2.26. The van der Waals surface area contributed by atoms with Crippen molar-refractivity contribution >= 4 is 17.8 Å². The van der Waals surface area contributed by atoms with Crippen LogP contribution in [0.4, 0.5) is 0 Å². The maximum Gasteiger partial charge on any atom is 0.397 e. The molecule has 4 rings (SSSR count). The number of amides is 2. The van der Waals surface area contributed by atoms with Crippen molar-refractivity contribution in [3.05, 3.63) is 71.8 Å². The second-order valence-electron chi connectivity index (χ2n) is 8.21. The first-order chi connectivity index (χ1) is 15.0. The Morgan fingerprint density at radius 2 is 1.68 bits per heavy atom. The number of carbonyl (C=O) groups excluding carboxylic acids is 3. The summed E-state index contributed by atoms with van der Waals surface area (Å²) < 4.78 is 5.35. The van der Waals surface area contributed by atoms with Crippen molar-refractivity contribution in [1.29, 1.82) is 0 Å². The molecule has 0 bridgehead atoms. The minimum Gasteiger partial charge on any atom is -0.451 e. The monoisotopic (exact) mass is 421 g/mol. The Bertz CT molecular complexity index is 940. The predicted molar refractivity (Wildman–Crippen MR) is 115 cm³/mol. The van der Waals surface area contributed by atoms with Crippen LogP contribution in [-0.2, 0) is 25.5 Å². The first-order valence-corrected chi connectivity index (χ1v) is 10.6. The zero-order chi connectivity index (χ0) is 21.8. The molecule has 1 spiro atoms. The van der Waals surface area contributed by atoms with Gasteiger partial charge in [0.25, 0.3) is 0 Å². The fourth-order valence-electron chi connectivity index (χ4n) is 4.24. The van der Waals surface area contributed by atoms with Crippen LogP contribution in [-0.4, -0.2) is 47.5 Å². The minimum absolute atomic E-state index is 0.0280. The number of nitrogens with one attached hydrogen (secondary N) is 2. The van der Waals surface area contributed by atoms with Crippen molar-refractivity contribution in [3.8, 4) is 0 Å². The molecular formula is C24H27N3O4. The van der Waals surface area contributed by atoms with Crippen LogP contribution in [0.15, 0.2) is 60.7 Å². The van der Waals surface area contributed by atoms with E-state index in [9.17, 15) is 14.4 Å². The molecular weight excluding hydrogens is 394 g/mol. The molecule has 2 heterocycles. The number of nitrogens with zero attached hydrogens (tertiary/aromatic N) is 1. The molecule has 2 amide bonds. The van der Waals surface area contributed by atoms with Gasteiger partial charge in [-0.25, -0.2) is 4.79 Å². The number of benzene rings is 2. The third-order valence-electron chi connectivity index (χ3n) is 6.04. The van der Waals surface area contributed by atoms with Crippen molar-refractivity contribution < 1.29 is 19.1 Å². The smallest absolute Gasteiger partial charge is 0.397 e. The minimum atomic E-state index is -0.849. The fourth-order valence-corrected chi connectivity index (χ4v) is 4.24. The topological polar surface area (TPSA) is 87.7 Å². The molecule has 2 aromatic rings. The molecule has 0 aliphatic carbocycles. The van der Waals surface area contributed by atoms with Crippen LogP contribution in [0, 0.1) is 0 Å². The van der Waals surface area contributed by atoms with Gasteiger partial charge in [-0.1, -0.05) is 60.7 Å². The van der Waals surface area contributed by atoms with Crippen LogP contribution in [0.2, 0.25) is 0 Å². The van der Waals surface area contributed by atoms with E-state index in [4.69, 9.17) is 4.74 Å². The normalized spacial score (nSPS) is 20.9. The third kappa shape index (κ3) is 4.77. The average Bonchev–Trinajstić information content (AvgIpc) is 3.09. The van der Waals surface area contributed by atoms with Gasteiger partial charge in [-0.3, -0.25) is 14.9 Å². The van der Waals surface area contributed by atoms with E-state index >= 15 is 0 Å². The van der Waals surface area contributed by atoms with Crippen LogP contribution in [0.25, 0.3) is 0 Å². The lowest BCUT2D eigenvalue weighted by Crippen LogP contribution is -2.59. The van der Waals surface area contributed by atoms with E-state index in [0.717, 1.165) is 11.1 Å². The molecule has 2 fully saturated rings. The van der Waals surface area contributed by atoms with E-state index in [1.165, 1.54) is 4.90 Å². The van der Waals surface area contributed by atoms with Gasteiger partial charge in [0.15, 0.2) is 0 Å². The number of esters is 1. The molecule has 162 valence electrons. The van der Waals surface area contributed by atoms with Gasteiger partial charge in [-0.2, -0.15) is 0 Å². The van der Waals surface area contributed by atoms with E-state index < -0.39 is 23.6 Å². The largest absolute Gasteiger partial charge is 0.451 e. The molecule has 7 nitrogen and oxygen atoms in total. The predicted octanol–water partition coefficient (Wildman–Crippen LogP) is 1.94. The average molecular weight is 421 g/mol. The molecule has 0 aromatic heterocycles. The number of hydrogen-bond acceptors (Lipinski definition) is 5. The van der Waals surface area contributed by atoms with E-state index in [0.29, 0.717) is 32.4 Å². The van der Waals surface area contributed by atoms with E-state index in [1.807, 2.05) is 60.7 Å². The number of hydrogen-bond donors (Lipinski definition) is 2. The highest BCUT2D eigenvalue weighted by molar-refractivity contribution is 6.32. The molecule has 2 aliphatic rings. The summed E-state index contributed by atoms with van der Waals surface area (Å²) in [6.45, 7) is 2.49. The maximum absolute atomic E-state index is 12.6. The summed E-state index contributed by atoms with van der Waals surface area (Å²) in [6, 6.07) is 18.9. The summed E-state index contributed by atoms with van der Waals surface area (Å²) in [5, 5.41) is 6.51. The first-order valence-electron chi connectivity index (χ1n) is 10.6. The van der Waals surface area contributed by atoms with Crippen LogP contribution in [0.3, 0.4) is 0 Å². The summed E-state index contributed by atoms with van der Waals surface area (Å²) in [6.07, 6.45) is 1.19. The first kappa shape index (κ1) is 21.1. The van der Waals surface area contributed by atoms with Crippen molar-refractivity contribution in [2.45, 2.75) is 44.0 Å².